The standard InChI is InChI=1S/C17H11N3O3S.Na/c21-15-12(16-20(15)13(8-24-16)17(22)23)5-10-7-19-6-9-3-1-2-4-11(9)14(19)18-10;/h1-5,7-8,16H,6H2,(H,22,23);/q;+1/p-1/b12-5-;. The summed E-state index contributed by atoms with van der Waals surface area (Å²) in [4.78, 5) is 29.1. The van der Waals surface area contributed by atoms with Gasteiger partial charge in [-0.1, -0.05) is 24.3 Å². The summed E-state index contributed by atoms with van der Waals surface area (Å²) in [7, 11) is 0. The smallest absolute Gasteiger partial charge is 0.543 e. The number of thioether (sulfide) groups is 1. The minimum Gasteiger partial charge on any atom is -0.543 e. The third-order valence-corrected chi connectivity index (χ3v) is 5.52. The zero-order valence-electron chi connectivity index (χ0n) is 13.3. The van der Waals surface area contributed by atoms with Crippen LogP contribution in [0.5, 0.6) is 0 Å². The number of imidazole rings is 1. The van der Waals surface area contributed by atoms with E-state index in [1.165, 1.54) is 27.6 Å². The van der Waals surface area contributed by atoms with Gasteiger partial charge in [0.05, 0.1) is 22.9 Å². The van der Waals surface area contributed by atoms with Gasteiger partial charge in [0.15, 0.2) is 0 Å². The molecule has 0 radical (unpaired) electrons. The van der Waals surface area contributed by atoms with Gasteiger partial charge < -0.3 is 14.5 Å². The average molecular weight is 359 g/mol. The number of carbonyl (C=O) groups is 2. The van der Waals surface area contributed by atoms with Crippen molar-refractivity contribution in [1.29, 1.82) is 0 Å². The Hall–Kier alpha value is -1.80. The minimum atomic E-state index is -1.32. The van der Waals surface area contributed by atoms with Crippen molar-refractivity contribution in [2.45, 2.75) is 11.9 Å². The number of amides is 1. The van der Waals surface area contributed by atoms with E-state index in [2.05, 4.69) is 15.6 Å². The molecule has 6 nitrogen and oxygen atoms in total. The minimum absolute atomic E-state index is 0. The number of aromatic nitrogens is 2. The Balaban J connectivity index is 0.00000157. The third kappa shape index (κ3) is 2.34. The number of benzene rings is 1. The van der Waals surface area contributed by atoms with E-state index in [0.29, 0.717) is 11.3 Å². The van der Waals surface area contributed by atoms with Crippen molar-refractivity contribution < 1.29 is 44.3 Å². The monoisotopic (exact) mass is 359 g/mol. The fourth-order valence-electron chi connectivity index (χ4n) is 3.32. The Kier molecular flexibility index (Phi) is 3.92. The van der Waals surface area contributed by atoms with Gasteiger partial charge in [-0.25, -0.2) is 4.98 Å². The second kappa shape index (κ2) is 5.88. The molecule has 1 aromatic carbocycles. The van der Waals surface area contributed by atoms with Gasteiger partial charge in [-0.3, -0.25) is 9.69 Å². The molecule has 1 fully saturated rings. The van der Waals surface area contributed by atoms with Gasteiger partial charge in [-0.2, -0.15) is 0 Å². The summed E-state index contributed by atoms with van der Waals surface area (Å²) in [5.74, 6) is -0.724. The predicted octanol–water partition coefficient (Wildman–Crippen LogP) is -2.19. The fraction of sp³-hybridized carbons (Fsp3) is 0.118. The maximum Gasteiger partial charge on any atom is 1.00 e. The molecule has 1 atom stereocenters. The number of β-lactam (4-membered cyclic amide) rings is 1. The molecule has 0 N–H and O–H groups in total. The Morgan fingerprint density at radius 1 is 1.36 bits per heavy atom. The number of fused-ring (bicyclic) bond motifs is 4. The summed E-state index contributed by atoms with van der Waals surface area (Å²) in [6, 6.07) is 8.11. The number of carbonyl (C=O) groups excluding carboxylic acids is 2. The van der Waals surface area contributed by atoms with Gasteiger partial charge in [0, 0.05) is 18.3 Å². The molecule has 118 valence electrons. The molecule has 0 saturated carbocycles. The van der Waals surface area contributed by atoms with Gasteiger partial charge in [-0.05, 0) is 17.0 Å². The molecule has 1 aromatic heterocycles. The zero-order valence-corrected chi connectivity index (χ0v) is 16.1. The molecule has 1 saturated heterocycles. The van der Waals surface area contributed by atoms with Crippen LogP contribution >= 0.6 is 11.8 Å². The molecule has 5 rings (SSSR count). The van der Waals surface area contributed by atoms with Crippen molar-refractivity contribution in [1.82, 2.24) is 14.5 Å². The first-order valence-corrected chi connectivity index (χ1v) is 8.35. The Morgan fingerprint density at radius 3 is 2.96 bits per heavy atom. The molecule has 0 spiro atoms. The van der Waals surface area contributed by atoms with Crippen molar-refractivity contribution in [3.05, 3.63) is 58.4 Å². The van der Waals surface area contributed by atoms with Gasteiger partial charge in [0.1, 0.15) is 11.2 Å². The van der Waals surface area contributed by atoms with Crippen molar-refractivity contribution in [3.63, 3.8) is 0 Å². The molecule has 0 aliphatic carbocycles. The van der Waals surface area contributed by atoms with Crippen LogP contribution in [0.2, 0.25) is 0 Å². The molecular formula is C17H10N3NaO3S. The Bertz CT molecular complexity index is 995. The van der Waals surface area contributed by atoms with Gasteiger partial charge >= 0.3 is 29.6 Å². The summed E-state index contributed by atoms with van der Waals surface area (Å²) >= 11 is 1.30. The van der Waals surface area contributed by atoms with E-state index < -0.39 is 5.97 Å². The fourth-order valence-corrected chi connectivity index (χ4v) is 4.43. The molecule has 8 heteroatoms. The number of rotatable bonds is 2. The normalized spacial score (nSPS) is 21.2. The molecular weight excluding hydrogens is 349 g/mol. The number of nitrogens with zero attached hydrogens (tertiary/aromatic N) is 3. The van der Waals surface area contributed by atoms with Gasteiger partial charge in [0.2, 0.25) is 0 Å². The summed E-state index contributed by atoms with van der Waals surface area (Å²) < 4.78 is 2.06. The molecule has 3 aliphatic rings. The average Bonchev–Trinajstić information content (AvgIpc) is 3.22. The summed E-state index contributed by atoms with van der Waals surface area (Å²) in [5.41, 5.74) is 3.56. The largest absolute Gasteiger partial charge is 1.00 e. The summed E-state index contributed by atoms with van der Waals surface area (Å²) in [6.45, 7) is 0.774. The Morgan fingerprint density at radius 2 is 2.16 bits per heavy atom. The van der Waals surface area contributed by atoms with Crippen LogP contribution in [0.1, 0.15) is 11.3 Å². The van der Waals surface area contributed by atoms with Crippen LogP contribution in [0.4, 0.5) is 0 Å². The van der Waals surface area contributed by atoms with E-state index in [0.717, 1.165) is 17.9 Å². The number of aliphatic carboxylic acids is 1. The van der Waals surface area contributed by atoms with Gasteiger partial charge in [0.25, 0.3) is 5.91 Å². The predicted molar refractivity (Wildman–Crippen MR) is 86.1 cm³/mol. The zero-order chi connectivity index (χ0) is 16.4. The number of hydrogen-bond donors (Lipinski definition) is 0. The molecule has 3 aliphatic heterocycles. The summed E-state index contributed by atoms with van der Waals surface area (Å²) in [6.07, 6.45) is 3.67. The van der Waals surface area contributed by atoms with Crippen LogP contribution in [0.15, 0.2) is 47.1 Å². The van der Waals surface area contributed by atoms with Crippen LogP contribution in [-0.2, 0) is 16.1 Å². The second-order valence-electron chi connectivity index (χ2n) is 5.83. The maximum absolute atomic E-state index is 12.2. The van der Waals surface area contributed by atoms with Crippen molar-refractivity contribution in [3.8, 4) is 11.4 Å². The van der Waals surface area contributed by atoms with Crippen molar-refractivity contribution in [2.75, 3.05) is 0 Å². The SMILES string of the molecule is O=C([O-])C1=CSC2/C(=C\c3cn4c(n3)-c3ccccc3C4)C(=O)N12.[Na+]. The van der Waals surface area contributed by atoms with Crippen LogP contribution in [0, 0.1) is 0 Å². The van der Waals surface area contributed by atoms with E-state index in [-0.39, 0.29) is 46.5 Å². The Labute approximate surface area is 169 Å². The maximum atomic E-state index is 12.2. The molecule has 2 aromatic rings. The summed E-state index contributed by atoms with van der Waals surface area (Å²) in [5, 5.41) is 12.2. The number of hydrogen-bond acceptors (Lipinski definition) is 5. The second-order valence-corrected chi connectivity index (χ2v) is 6.78. The third-order valence-electron chi connectivity index (χ3n) is 4.44. The molecule has 0 bridgehead atoms. The number of carboxylic acids is 1. The van der Waals surface area contributed by atoms with E-state index >= 15 is 0 Å². The van der Waals surface area contributed by atoms with E-state index in [1.54, 1.807) is 6.08 Å². The van der Waals surface area contributed by atoms with E-state index in [1.807, 2.05) is 24.4 Å². The number of carboxylic acid groups (broad SMARTS) is 1. The first-order valence-electron chi connectivity index (χ1n) is 7.41. The molecule has 4 heterocycles. The van der Waals surface area contributed by atoms with Crippen LogP contribution < -0.4 is 34.7 Å². The van der Waals surface area contributed by atoms with Crippen molar-refractivity contribution >= 4 is 29.7 Å². The first kappa shape index (κ1) is 16.7. The van der Waals surface area contributed by atoms with Crippen LogP contribution in [0.3, 0.4) is 0 Å². The van der Waals surface area contributed by atoms with Gasteiger partial charge in [-0.15, -0.1) is 11.8 Å². The van der Waals surface area contributed by atoms with E-state index in [4.69, 9.17) is 0 Å². The molecule has 1 unspecified atom stereocenters. The molecule has 25 heavy (non-hydrogen) atoms. The van der Waals surface area contributed by atoms with E-state index in [9.17, 15) is 14.7 Å². The van der Waals surface area contributed by atoms with Crippen molar-refractivity contribution in [2.24, 2.45) is 0 Å². The first-order chi connectivity index (χ1) is 11.6. The van der Waals surface area contributed by atoms with Crippen LogP contribution in [0.25, 0.3) is 17.5 Å². The van der Waals surface area contributed by atoms with Crippen LogP contribution in [-0.4, -0.2) is 31.7 Å². The topological polar surface area (TPSA) is 78.3 Å². The quantitative estimate of drug-likeness (QED) is 0.295. The molecule has 1 amide bonds.